The monoisotopic (exact) mass is 468 g/mol. The minimum Gasteiger partial charge on any atom is -0.507 e. The summed E-state index contributed by atoms with van der Waals surface area (Å²) in [6.07, 6.45) is 5.73. The molecule has 0 aliphatic heterocycles. The van der Waals surface area contributed by atoms with Crippen LogP contribution in [0.1, 0.15) is 32.6 Å². The maximum absolute atomic E-state index is 14.9. The van der Waals surface area contributed by atoms with Crippen LogP contribution in [0.4, 0.5) is 10.2 Å². The van der Waals surface area contributed by atoms with Crippen molar-refractivity contribution in [1.82, 2.24) is 25.1 Å². The van der Waals surface area contributed by atoms with E-state index < -0.39 is 6.17 Å². The summed E-state index contributed by atoms with van der Waals surface area (Å²) >= 11 is 0. The summed E-state index contributed by atoms with van der Waals surface area (Å²) in [4.78, 5) is 14.8. The molecule has 2 heterocycles. The van der Waals surface area contributed by atoms with Crippen LogP contribution in [0.2, 0.25) is 0 Å². The highest BCUT2D eigenvalue weighted by Crippen LogP contribution is 2.35. The number of anilines is 1. The van der Waals surface area contributed by atoms with Crippen LogP contribution < -0.4 is 14.4 Å². The number of ether oxygens (including phenoxy) is 2. The summed E-state index contributed by atoms with van der Waals surface area (Å²) in [7, 11) is 4.79. The average Bonchev–Trinajstić information content (AvgIpc) is 2.88. The van der Waals surface area contributed by atoms with Gasteiger partial charge in [0.05, 0.1) is 43.9 Å². The largest absolute Gasteiger partial charge is 0.507 e. The van der Waals surface area contributed by atoms with Crippen molar-refractivity contribution in [3.63, 3.8) is 0 Å². The van der Waals surface area contributed by atoms with Gasteiger partial charge in [0.15, 0.2) is 11.6 Å². The van der Waals surface area contributed by atoms with E-state index in [0.717, 1.165) is 25.7 Å². The Labute approximate surface area is 198 Å². The number of alkyl halides is 1. The number of phenolic OH excluding ortho intramolecular Hbond substituents is 1. The molecule has 34 heavy (non-hydrogen) atoms. The van der Waals surface area contributed by atoms with Crippen LogP contribution in [0, 0.1) is 5.92 Å². The molecule has 9 nitrogen and oxygen atoms in total. The predicted molar refractivity (Wildman–Crippen MR) is 126 cm³/mol. The van der Waals surface area contributed by atoms with Crippen LogP contribution in [0.25, 0.3) is 22.6 Å². The molecule has 1 N–H and O–H groups in total. The first-order valence-corrected chi connectivity index (χ1v) is 11.3. The first-order valence-electron chi connectivity index (χ1n) is 11.3. The van der Waals surface area contributed by atoms with Gasteiger partial charge in [-0.25, -0.2) is 19.3 Å². The number of hydrogen-bond acceptors (Lipinski definition) is 9. The summed E-state index contributed by atoms with van der Waals surface area (Å²) in [5.41, 5.74) is 1.57. The molecule has 1 aliphatic rings. The van der Waals surface area contributed by atoms with Crippen LogP contribution in [0.3, 0.4) is 0 Å². The number of benzene rings is 1. The molecule has 2 aromatic heterocycles. The fourth-order valence-corrected chi connectivity index (χ4v) is 4.44. The summed E-state index contributed by atoms with van der Waals surface area (Å²) in [5.74, 6) is 1.34. The van der Waals surface area contributed by atoms with Gasteiger partial charge < -0.3 is 19.5 Å². The van der Waals surface area contributed by atoms with Gasteiger partial charge in [-0.05, 0) is 30.9 Å². The zero-order valence-electron chi connectivity index (χ0n) is 19.8. The molecule has 0 saturated heterocycles. The third kappa shape index (κ3) is 4.57. The summed E-state index contributed by atoms with van der Waals surface area (Å²) < 4.78 is 25.3. The van der Waals surface area contributed by atoms with Crippen molar-refractivity contribution >= 4 is 5.82 Å². The Morgan fingerprint density at radius 3 is 2.53 bits per heavy atom. The summed E-state index contributed by atoms with van der Waals surface area (Å²) in [5, 5.41) is 19.1. The smallest absolute Gasteiger partial charge is 0.278 e. The molecule has 1 fully saturated rings. The van der Waals surface area contributed by atoms with Gasteiger partial charge in [0.2, 0.25) is 0 Å². The number of aromatic nitrogens is 5. The van der Waals surface area contributed by atoms with Gasteiger partial charge in [0.1, 0.15) is 11.9 Å². The molecule has 1 aliphatic carbocycles. The van der Waals surface area contributed by atoms with E-state index in [1.165, 1.54) is 20.4 Å². The van der Waals surface area contributed by atoms with E-state index in [9.17, 15) is 9.50 Å². The average molecular weight is 469 g/mol. The SMILES string of the molecule is CC[C@@H]1CCC[C@H](N(C)c2cnc(-c3ccc(-c4cnc(OC)c(OC)n4)cc3O)nn2)[C@@H]1F. The van der Waals surface area contributed by atoms with Crippen molar-refractivity contribution < 1.29 is 19.0 Å². The predicted octanol–water partition coefficient (Wildman–Crippen LogP) is 4.07. The van der Waals surface area contributed by atoms with E-state index in [4.69, 9.17) is 9.47 Å². The van der Waals surface area contributed by atoms with Crippen molar-refractivity contribution in [2.24, 2.45) is 5.92 Å². The zero-order chi connectivity index (χ0) is 24.2. The molecule has 0 bridgehead atoms. The number of phenols is 1. The van der Waals surface area contributed by atoms with Gasteiger partial charge >= 0.3 is 0 Å². The van der Waals surface area contributed by atoms with Crippen LogP contribution in [0.15, 0.2) is 30.6 Å². The zero-order valence-corrected chi connectivity index (χ0v) is 19.8. The second kappa shape index (κ2) is 10.1. The minimum absolute atomic E-state index is 0.0288. The van der Waals surface area contributed by atoms with Gasteiger partial charge in [-0.15, -0.1) is 10.2 Å². The van der Waals surface area contributed by atoms with E-state index in [0.29, 0.717) is 22.6 Å². The Morgan fingerprint density at radius 1 is 1.09 bits per heavy atom. The van der Waals surface area contributed by atoms with Gasteiger partial charge in [-0.2, -0.15) is 0 Å². The van der Waals surface area contributed by atoms with Gasteiger partial charge in [0, 0.05) is 12.6 Å². The van der Waals surface area contributed by atoms with Gasteiger partial charge in [0.25, 0.3) is 11.8 Å². The van der Waals surface area contributed by atoms with Crippen LogP contribution in [-0.2, 0) is 0 Å². The number of methoxy groups -OCH3 is 2. The standard InChI is InChI=1S/C24H29FN6O3/c1-5-14-7-6-8-18(21(14)25)31(2)20-13-26-22(30-29-20)16-10-9-15(11-19(16)32)17-12-27-23(33-3)24(28-17)34-4/h9-14,18,21,32H,5-8H2,1-4H3/t14-,18+,21-/m1/s1. The maximum Gasteiger partial charge on any atom is 0.278 e. The molecule has 180 valence electrons. The number of halogens is 1. The van der Waals surface area contributed by atoms with Crippen LogP contribution >= 0.6 is 0 Å². The Kier molecular flexibility index (Phi) is 7.04. The minimum atomic E-state index is -0.901. The Hall–Kier alpha value is -3.56. The van der Waals surface area contributed by atoms with Crippen LogP contribution in [0.5, 0.6) is 17.5 Å². The first-order chi connectivity index (χ1) is 16.5. The highest BCUT2D eigenvalue weighted by atomic mass is 19.1. The topological polar surface area (TPSA) is 106 Å². The molecule has 0 spiro atoms. The van der Waals surface area contributed by atoms with E-state index in [1.807, 2.05) is 18.9 Å². The molecular weight excluding hydrogens is 439 g/mol. The third-order valence-electron chi connectivity index (χ3n) is 6.46. The second-order valence-electron chi connectivity index (χ2n) is 8.37. The van der Waals surface area contributed by atoms with Crippen molar-refractivity contribution in [3.05, 3.63) is 30.6 Å². The van der Waals surface area contributed by atoms with E-state index >= 15 is 0 Å². The molecule has 3 atom stereocenters. The first kappa shape index (κ1) is 23.6. The van der Waals surface area contributed by atoms with E-state index in [-0.39, 0.29) is 35.3 Å². The summed E-state index contributed by atoms with van der Waals surface area (Å²) in [6, 6.07) is 4.77. The van der Waals surface area contributed by atoms with Crippen molar-refractivity contribution in [2.45, 2.75) is 44.8 Å². The molecule has 10 heteroatoms. The fourth-order valence-electron chi connectivity index (χ4n) is 4.44. The normalized spacial score (nSPS) is 20.1. The number of hydrogen-bond donors (Lipinski definition) is 1. The third-order valence-corrected chi connectivity index (χ3v) is 6.46. The number of rotatable bonds is 7. The molecule has 3 aromatic rings. The van der Waals surface area contributed by atoms with Crippen molar-refractivity contribution in [3.8, 4) is 40.2 Å². The van der Waals surface area contributed by atoms with Gasteiger partial charge in [-0.3, -0.25) is 0 Å². The van der Waals surface area contributed by atoms with Crippen molar-refractivity contribution in [2.75, 3.05) is 26.2 Å². The maximum atomic E-state index is 14.9. The van der Waals surface area contributed by atoms with E-state index in [2.05, 4.69) is 25.1 Å². The molecular formula is C24H29FN6O3. The van der Waals surface area contributed by atoms with Gasteiger partial charge in [-0.1, -0.05) is 25.8 Å². The molecule has 1 aromatic carbocycles. The lowest BCUT2D eigenvalue weighted by Crippen LogP contribution is -2.45. The number of aromatic hydroxyl groups is 1. The molecule has 0 amide bonds. The summed E-state index contributed by atoms with van der Waals surface area (Å²) in [6.45, 7) is 2.03. The molecule has 0 radical (unpaired) electrons. The lowest BCUT2D eigenvalue weighted by atomic mass is 9.82. The fraction of sp³-hybridized carbons (Fsp3) is 0.458. The van der Waals surface area contributed by atoms with Crippen molar-refractivity contribution in [1.29, 1.82) is 0 Å². The van der Waals surface area contributed by atoms with E-state index in [1.54, 1.807) is 24.4 Å². The molecule has 4 rings (SSSR count). The molecule has 1 saturated carbocycles. The number of nitrogens with zero attached hydrogens (tertiary/aromatic N) is 6. The lowest BCUT2D eigenvalue weighted by Gasteiger charge is -2.38. The highest BCUT2D eigenvalue weighted by Gasteiger charge is 2.35. The lowest BCUT2D eigenvalue weighted by molar-refractivity contribution is 0.134. The molecule has 0 unspecified atom stereocenters. The highest BCUT2D eigenvalue weighted by molar-refractivity contribution is 5.71. The Balaban J connectivity index is 1.54. The quantitative estimate of drug-likeness (QED) is 0.549. The Morgan fingerprint density at radius 2 is 1.88 bits per heavy atom. The van der Waals surface area contributed by atoms with Crippen LogP contribution in [-0.4, -0.2) is 63.7 Å². The Bertz CT molecular complexity index is 1130. The second-order valence-corrected chi connectivity index (χ2v) is 8.37.